The SMILES string of the molecule is Cc1cc(C)n(-c2nc3ccccc3nc2SCCO)n1. The van der Waals surface area contributed by atoms with E-state index in [9.17, 15) is 0 Å². The van der Waals surface area contributed by atoms with E-state index >= 15 is 0 Å². The Labute approximate surface area is 127 Å². The van der Waals surface area contributed by atoms with Crippen LogP contribution in [0.4, 0.5) is 0 Å². The second kappa shape index (κ2) is 5.83. The van der Waals surface area contributed by atoms with Crippen molar-refractivity contribution in [2.45, 2.75) is 18.9 Å². The fourth-order valence-corrected chi connectivity index (χ4v) is 2.90. The molecular weight excluding hydrogens is 284 g/mol. The molecule has 3 aromatic rings. The second-order valence-electron chi connectivity index (χ2n) is 4.75. The number of aliphatic hydroxyl groups is 1. The molecule has 1 aromatic carbocycles. The summed E-state index contributed by atoms with van der Waals surface area (Å²) in [6, 6.07) is 9.79. The van der Waals surface area contributed by atoms with Crippen molar-refractivity contribution in [3.8, 4) is 5.82 Å². The van der Waals surface area contributed by atoms with E-state index in [0.717, 1.165) is 33.3 Å². The third-order valence-electron chi connectivity index (χ3n) is 3.06. The summed E-state index contributed by atoms with van der Waals surface area (Å²) in [4.78, 5) is 9.38. The Morgan fingerprint density at radius 1 is 1.14 bits per heavy atom. The summed E-state index contributed by atoms with van der Waals surface area (Å²) >= 11 is 1.49. The van der Waals surface area contributed by atoms with Gasteiger partial charge < -0.3 is 5.11 Å². The van der Waals surface area contributed by atoms with Crippen LogP contribution in [0.5, 0.6) is 0 Å². The Bertz CT molecular complexity index is 784. The normalized spacial score (nSPS) is 11.2. The lowest BCUT2D eigenvalue weighted by Gasteiger charge is -2.10. The van der Waals surface area contributed by atoms with Crippen molar-refractivity contribution >= 4 is 22.8 Å². The molecule has 5 nitrogen and oxygen atoms in total. The molecule has 108 valence electrons. The van der Waals surface area contributed by atoms with E-state index in [1.54, 1.807) is 0 Å². The zero-order valence-corrected chi connectivity index (χ0v) is 12.8. The van der Waals surface area contributed by atoms with E-state index in [0.29, 0.717) is 5.75 Å². The lowest BCUT2D eigenvalue weighted by Crippen LogP contribution is -2.06. The first kappa shape index (κ1) is 14.0. The van der Waals surface area contributed by atoms with Crippen molar-refractivity contribution in [2.24, 2.45) is 0 Å². The molecule has 0 atom stereocenters. The van der Waals surface area contributed by atoms with Crippen LogP contribution in [-0.4, -0.2) is 37.2 Å². The minimum Gasteiger partial charge on any atom is -0.396 e. The number of nitrogens with zero attached hydrogens (tertiary/aromatic N) is 4. The van der Waals surface area contributed by atoms with Gasteiger partial charge in [-0.05, 0) is 32.0 Å². The zero-order valence-electron chi connectivity index (χ0n) is 11.9. The monoisotopic (exact) mass is 300 g/mol. The second-order valence-corrected chi connectivity index (χ2v) is 5.84. The molecule has 3 rings (SSSR count). The van der Waals surface area contributed by atoms with E-state index in [1.165, 1.54) is 11.8 Å². The predicted molar refractivity (Wildman–Crippen MR) is 83.9 cm³/mol. The largest absolute Gasteiger partial charge is 0.396 e. The van der Waals surface area contributed by atoms with E-state index in [2.05, 4.69) is 10.1 Å². The van der Waals surface area contributed by atoms with E-state index < -0.39 is 0 Å². The number of aromatic nitrogens is 4. The number of benzene rings is 1. The van der Waals surface area contributed by atoms with Crippen LogP contribution in [0, 0.1) is 13.8 Å². The molecule has 2 heterocycles. The Kier molecular flexibility index (Phi) is 3.90. The van der Waals surface area contributed by atoms with Crippen LogP contribution in [0.2, 0.25) is 0 Å². The van der Waals surface area contributed by atoms with Gasteiger partial charge in [-0.25, -0.2) is 14.6 Å². The third-order valence-corrected chi connectivity index (χ3v) is 4.00. The van der Waals surface area contributed by atoms with Crippen molar-refractivity contribution in [1.82, 2.24) is 19.7 Å². The highest BCUT2D eigenvalue weighted by Crippen LogP contribution is 2.25. The standard InChI is InChI=1S/C15H16N4OS/c1-10-9-11(2)19(18-10)14-15(21-8-7-20)17-13-6-4-3-5-12(13)16-14/h3-6,9,20H,7-8H2,1-2H3. The number of hydrogen-bond donors (Lipinski definition) is 1. The first-order valence-corrected chi connectivity index (χ1v) is 7.71. The van der Waals surface area contributed by atoms with Crippen LogP contribution in [0.15, 0.2) is 35.4 Å². The first-order chi connectivity index (χ1) is 10.2. The van der Waals surface area contributed by atoms with Gasteiger partial charge in [0.25, 0.3) is 0 Å². The molecule has 0 aliphatic carbocycles. The summed E-state index contributed by atoms with van der Waals surface area (Å²) < 4.78 is 1.81. The Hall–Kier alpha value is -1.92. The lowest BCUT2D eigenvalue weighted by molar-refractivity contribution is 0.322. The summed E-state index contributed by atoms with van der Waals surface area (Å²) in [7, 11) is 0. The molecule has 0 amide bonds. The maximum absolute atomic E-state index is 9.07. The van der Waals surface area contributed by atoms with Gasteiger partial charge in [0.15, 0.2) is 5.82 Å². The van der Waals surface area contributed by atoms with Crippen LogP contribution in [0.1, 0.15) is 11.4 Å². The summed E-state index contributed by atoms with van der Waals surface area (Å²) in [6.07, 6.45) is 0. The highest BCUT2D eigenvalue weighted by Gasteiger charge is 2.14. The minimum absolute atomic E-state index is 0.107. The summed E-state index contributed by atoms with van der Waals surface area (Å²) in [5, 5.41) is 14.3. The van der Waals surface area contributed by atoms with Crippen molar-refractivity contribution in [1.29, 1.82) is 0 Å². The number of fused-ring (bicyclic) bond motifs is 1. The fraction of sp³-hybridized carbons (Fsp3) is 0.267. The van der Waals surface area contributed by atoms with Gasteiger partial charge >= 0.3 is 0 Å². The van der Waals surface area contributed by atoms with Gasteiger partial charge in [-0.1, -0.05) is 12.1 Å². The first-order valence-electron chi connectivity index (χ1n) is 6.73. The minimum atomic E-state index is 0.107. The topological polar surface area (TPSA) is 63.8 Å². The lowest BCUT2D eigenvalue weighted by atomic mass is 10.3. The van der Waals surface area contributed by atoms with Crippen LogP contribution >= 0.6 is 11.8 Å². The molecule has 2 aromatic heterocycles. The van der Waals surface area contributed by atoms with Crippen LogP contribution in [-0.2, 0) is 0 Å². The van der Waals surface area contributed by atoms with Gasteiger partial charge in [-0.15, -0.1) is 11.8 Å². The Morgan fingerprint density at radius 3 is 2.48 bits per heavy atom. The number of hydrogen-bond acceptors (Lipinski definition) is 5. The molecule has 0 bridgehead atoms. The molecule has 0 spiro atoms. The number of rotatable bonds is 4. The summed E-state index contributed by atoms with van der Waals surface area (Å²) in [5.41, 5.74) is 3.65. The van der Waals surface area contributed by atoms with Gasteiger partial charge in [0.05, 0.1) is 23.3 Å². The van der Waals surface area contributed by atoms with Gasteiger partial charge in [0.2, 0.25) is 0 Å². The number of para-hydroxylation sites is 2. The molecule has 0 saturated carbocycles. The number of aliphatic hydroxyl groups excluding tert-OH is 1. The van der Waals surface area contributed by atoms with E-state index in [1.807, 2.05) is 48.9 Å². The summed E-state index contributed by atoms with van der Waals surface area (Å²) in [6.45, 7) is 4.06. The molecule has 0 aliphatic heterocycles. The van der Waals surface area contributed by atoms with Crippen molar-refractivity contribution in [3.05, 3.63) is 41.7 Å². The van der Waals surface area contributed by atoms with Gasteiger partial charge in [-0.2, -0.15) is 5.10 Å². The van der Waals surface area contributed by atoms with E-state index in [-0.39, 0.29) is 6.61 Å². The predicted octanol–water partition coefficient (Wildman–Crippen LogP) is 2.52. The smallest absolute Gasteiger partial charge is 0.187 e. The molecule has 0 aliphatic rings. The van der Waals surface area contributed by atoms with Gasteiger partial charge in [0.1, 0.15) is 5.03 Å². The van der Waals surface area contributed by atoms with E-state index in [4.69, 9.17) is 10.1 Å². The molecule has 0 unspecified atom stereocenters. The number of aryl methyl sites for hydroxylation is 2. The van der Waals surface area contributed by atoms with Crippen LogP contribution in [0.25, 0.3) is 16.9 Å². The summed E-state index contributed by atoms with van der Waals surface area (Å²) in [5.74, 6) is 1.30. The molecule has 0 saturated heterocycles. The quantitative estimate of drug-likeness (QED) is 0.750. The van der Waals surface area contributed by atoms with Crippen LogP contribution in [0.3, 0.4) is 0 Å². The van der Waals surface area contributed by atoms with Crippen molar-refractivity contribution in [2.75, 3.05) is 12.4 Å². The molecule has 0 fully saturated rings. The number of thioether (sulfide) groups is 1. The Morgan fingerprint density at radius 2 is 1.86 bits per heavy atom. The van der Waals surface area contributed by atoms with Crippen LogP contribution < -0.4 is 0 Å². The average molecular weight is 300 g/mol. The molecule has 0 radical (unpaired) electrons. The van der Waals surface area contributed by atoms with Gasteiger partial charge in [0, 0.05) is 11.4 Å². The zero-order chi connectivity index (χ0) is 14.8. The maximum Gasteiger partial charge on any atom is 0.187 e. The maximum atomic E-state index is 9.07. The Balaban J connectivity index is 2.20. The third kappa shape index (κ3) is 2.77. The highest BCUT2D eigenvalue weighted by molar-refractivity contribution is 7.99. The average Bonchev–Trinajstić information content (AvgIpc) is 2.82. The van der Waals surface area contributed by atoms with Crippen molar-refractivity contribution in [3.63, 3.8) is 0 Å². The fourth-order valence-electron chi connectivity index (χ4n) is 2.19. The molecular formula is C15H16N4OS. The molecule has 1 N–H and O–H groups in total. The van der Waals surface area contributed by atoms with Crippen molar-refractivity contribution < 1.29 is 5.11 Å². The molecule has 6 heteroatoms. The molecule has 21 heavy (non-hydrogen) atoms. The highest BCUT2D eigenvalue weighted by atomic mass is 32.2. The van der Waals surface area contributed by atoms with Gasteiger partial charge in [-0.3, -0.25) is 0 Å².